The van der Waals surface area contributed by atoms with E-state index in [0.29, 0.717) is 12.1 Å². The van der Waals surface area contributed by atoms with Crippen LogP contribution in [0.3, 0.4) is 0 Å². The number of H-pyrrole nitrogens is 1. The van der Waals surface area contributed by atoms with Gasteiger partial charge in [-0.05, 0) is 18.1 Å². The highest BCUT2D eigenvalue weighted by molar-refractivity contribution is 6.02. The van der Waals surface area contributed by atoms with Crippen molar-refractivity contribution < 1.29 is 4.79 Å². The molecule has 0 aliphatic rings. The second kappa shape index (κ2) is 5.76. The number of hydrogen-bond donors (Lipinski definition) is 3. The SMILES string of the molecule is NC(Cc1ccccc1)C(=O)Nc1cccc2cn[nH]c12. The third-order valence-corrected chi connectivity index (χ3v) is 3.37. The molecule has 0 aliphatic heterocycles. The summed E-state index contributed by atoms with van der Waals surface area (Å²) in [5.74, 6) is -0.207. The number of carbonyl (C=O) groups excluding carboxylic acids is 1. The molecule has 1 amide bonds. The van der Waals surface area contributed by atoms with E-state index in [9.17, 15) is 4.79 Å². The number of para-hydroxylation sites is 1. The minimum absolute atomic E-state index is 0.207. The van der Waals surface area contributed by atoms with Gasteiger partial charge in [0.05, 0.1) is 23.4 Å². The molecule has 0 saturated carbocycles. The second-order valence-corrected chi connectivity index (χ2v) is 4.93. The Balaban J connectivity index is 1.72. The Morgan fingerprint density at radius 1 is 1.19 bits per heavy atom. The summed E-state index contributed by atoms with van der Waals surface area (Å²) < 4.78 is 0. The fourth-order valence-electron chi connectivity index (χ4n) is 2.26. The number of benzene rings is 2. The van der Waals surface area contributed by atoms with E-state index in [4.69, 9.17) is 5.73 Å². The Morgan fingerprint density at radius 3 is 2.81 bits per heavy atom. The minimum atomic E-state index is -0.592. The predicted octanol–water partition coefficient (Wildman–Crippen LogP) is 2.07. The summed E-state index contributed by atoms with van der Waals surface area (Å²) in [6, 6.07) is 14.8. The zero-order valence-corrected chi connectivity index (χ0v) is 11.4. The molecule has 1 heterocycles. The van der Waals surface area contributed by atoms with Crippen molar-refractivity contribution in [1.82, 2.24) is 10.2 Å². The van der Waals surface area contributed by atoms with Crippen LogP contribution in [0.1, 0.15) is 5.56 Å². The summed E-state index contributed by atoms with van der Waals surface area (Å²) in [4.78, 5) is 12.2. The lowest BCUT2D eigenvalue weighted by Crippen LogP contribution is -2.37. The van der Waals surface area contributed by atoms with Gasteiger partial charge in [0, 0.05) is 5.39 Å². The van der Waals surface area contributed by atoms with Gasteiger partial charge in [-0.3, -0.25) is 9.89 Å². The van der Waals surface area contributed by atoms with E-state index in [0.717, 1.165) is 16.5 Å². The van der Waals surface area contributed by atoms with Crippen LogP contribution in [-0.4, -0.2) is 22.1 Å². The summed E-state index contributed by atoms with van der Waals surface area (Å²) in [5, 5.41) is 10.7. The van der Waals surface area contributed by atoms with Gasteiger partial charge in [0.1, 0.15) is 0 Å². The highest BCUT2D eigenvalue weighted by Crippen LogP contribution is 2.20. The van der Waals surface area contributed by atoms with Gasteiger partial charge in [0.15, 0.2) is 0 Å². The number of rotatable bonds is 4. The monoisotopic (exact) mass is 280 g/mol. The first kappa shape index (κ1) is 13.3. The maximum atomic E-state index is 12.2. The quantitative estimate of drug-likeness (QED) is 0.684. The molecule has 0 radical (unpaired) electrons. The van der Waals surface area contributed by atoms with Crippen molar-refractivity contribution in [2.24, 2.45) is 5.73 Å². The third kappa shape index (κ3) is 2.93. The Labute approximate surface area is 122 Å². The number of anilines is 1. The Morgan fingerprint density at radius 2 is 2.00 bits per heavy atom. The summed E-state index contributed by atoms with van der Waals surface area (Å²) in [6.45, 7) is 0. The van der Waals surface area contributed by atoms with Crippen LogP contribution >= 0.6 is 0 Å². The zero-order chi connectivity index (χ0) is 14.7. The summed E-state index contributed by atoms with van der Waals surface area (Å²) in [6.07, 6.45) is 2.22. The molecular formula is C16H16N4O. The fourth-order valence-corrected chi connectivity index (χ4v) is 2.26. The number of amides is 1. The molecule has 3 rings (SSSR count). The number of carbonyl (C=O) groups is 1. The summed E-state index contributed by atoms with van der Waals surface area (Å²) in [7, 11) is 0. The second-order valence-electron chi connectivity index (χ2n) is 4.93. The lowest BCUT2D eigenvalue weighted by atomic mass is 10.1. The van der Waals surface area contributed by atoms with E-state index in [1.54, 1.807) is 6.20 Å². The van der Waals surface area contributed by atoms with Crippen molar-refractivity contribution in [3.05, 3.63) is 60.3 Å². The molecule has 4 N–H and O–H groups in total. The van der Waals surface area contributed by atoms with Crippen molar-refractivity contribution in [3.63, 3.8) is 0 Å². The van der Waals surface area contributed by atoms with Crippen molar-refractivity contribution in [2.75, 3.05) is 5.32 Å². The van der Waals surface area contributed by atoms with Crippen LogP contribution < -0.4 is 11.1 Å². The van der Waals surface area contributed by atoms with E-state index < -0.39 is 6.04 Å². The maximum absolute atomic E-state index is 12.2. The molecular weight excluding hydrogens is 264 g/mol. The average Bonchev–Trinajstić information content (AvgIpc) is 2.98. The molecule has 3 aromatic rings. The summed E-state index contributed by atoms with van der Waals surface area (Å²) in [5.41, 5.74) is 8.52. The number of nitrogens with zero attached hydrogens (tertiary/aromatic N) is 1. The molecule has 1 aromatic heterocycles. The van der Waals surface area contributed by atoms with Crippen molar-refractivity contribution in [3.8, 4) is 0 Å². The highest BCUT2D eigenvalue weighted by Gasteiger charge is 2.15. The van der Waals surface area contributed by atoms with Crippen molar-refractivity contribution in [1.29, 1.82) is 0 Å². The molecule has 2 aromatic carbocycles. The zero-order valence-electron chi connectivity index (χ0n) is 11.4. The molecule has 1 atom stereocenters. The molecule has 5 heteroatoms. The van der Waals surface area contributed by atoms with E-state index >= 15 is 0 Å². The summed E-state index contributed by atoms with van der Waals surface area (Å²) >= 11 is 0. The topological polar surface area (TPSA) is 83.8 Å². The van der Waals surface area contributed by atoms with Crippen LogP contribution in [0, 0.1) is 0 Å². The largest absolute Gasteiger partial charge is 0.323 e. The van der Waals surface area contributed by atoms with Gasteiger partial charge >= 0.3 is 0 Å². The van der Waals surface area contributed by atoms with Gasteiger partial charge < -0.3 is 11.1 Å². The average molecular weight is 280 g/mol. The minimum Gasteiger partial charge on any atom is -0.323 e. The fraction of sp³-hybridized carbons (Fsp3) is 0.125. The Bertz CT molecular complexity index is 751. The Hall–Kier alpha value is -2.66. The molecule has 0 bridgehead atoms. The highest BCUT2D eigenvalue weighted by atomic mass is 16.2. The van der Waals surface area contributed by atoms with Gasteiger partial charge in [0.2, 0.25) is 5.91 Å². The van der Waals surface area contributed by atoms with E-state index in [2.05, 4.69) is 15.5 Å². The van der Waals surface area contributed by atoms with Gasteiger partial charge in [-0.2, -0.15) is 5.10 Å². The van der Waals surface area contributed by atoms with Gasteiger partial charge in [-0.25, -0.2) is 0 Å². The van der Waals surface area contributed by atoms with Crippen LogP contribution in [0.25, 0.3) is 10.9 Å². The first-order valence-corrected chi connectivity index (χ1v) is 6.76. The number of aromatic nitrogens is 2. The predicted molar refractivity (Wildman–Crippen MR) is 82.8 cm³/mol. The standard InChI is InChI=1S/C16H16N4O/c17-13(9-11-5-2-1-3-6-11)16(21)19-14-8-4-7-12-10-18-20-15(12)14/h1-8,10,13H,9,17H2,(H,18,20)(H,19,21). The number of hydrogen-bond acceptors (Lipinski definition) is 3. The van der Waals surface area contributed by atoms with Gasteiger partial charge in [0.25, 0.3) is 0 Å². The number of aromatic amines is 1. The number of fused-ring (bicyclic) bond motifs is 1. The molecule has 5 nitrogen and oxygen atoms in total. The number of nitrogens with two attached hydrogens (primary N) is 1. The molecule has 106 valence electrons. The molecule has 0 aliphatic carbocycles. The first-order valence-electron chi connectivity index (χ1n) is 6.76. The first-order chi connectivity index (χ1) is 10.2. The lowest BCUT2D eigenvalue weighted by molar-refractivity contribution is -0.117. The van der Waals surface area contributed by atoms with Crippen LogP contribution in [0.4, 0.5) is 5.69 Å². The van der Waals surface area contributed by atoms with E-state index in [1.165, 1.54) is 0 Å². The lowest BCUT2D eigenvalue weighted by Gasteiger charge is -2.12. The van der Waals surface area contributed by atoms with Gasteiger partial charge in [-0.1, -0.05) is 42.5 Å². The van der Waals surface area contributed by atoms with E-state index in [1.807, 2.05) is 48.5 Å². The molecule has 0 saturated heterocycles. The molecule has 0 fully saturated rings. The van der Waals surface area contributed by atoms with Crippen LogP contribution in [0.15, 0.2) is 54.7 Å². The van der Waals surface area contributed by atoms with Crippen LogP contribution in [0.2, 0.25) is 0 Å². The van der Waals surface area contributed by atoms with Crippen LogP contribution in [0.5, 0.6) is 0 Å². The Kier molecular flexibility index (Phi) is 3.66. The molecule has 1 unspecified atom stereocenters. The molecule has 0 spiro atoms. The van der Waals surface area contributed by atoms with E-state index in [-0.39, 0.29) is 5.91 Å². The van der Waals surface area contributed by atoms with Gasteiger partial charge in [-0.15, -0.1) is 0 Å². The third-order valence-electron chi connectivity index (χ3n) is 3.37. The smallest absolute Gasteiger partial charge is 0.241 e. The number of nitrogens with one attached hydrogen (secondary N) is 2. The van der Waals surface area contributed by atoms with Crippen molar-refractivity contribution >= 4 is 22.5 Å². The van der Waals surface area contributed by atoms with Crippen molar-refractivity contribution in [2.45, 2.75) is 12.5 Å². The van der Waals surface area contributed by atoms with Crippen LogP contribution in [-0.2, 0) is 11.2 Å². The molecule has 21 heavy (non-hydrogen) atoms. The maximum Gasteiger partial charge on any atom is 0.241 e. The normalized spacial score (nSPS) is 12.2.